The van der Waals surface area contributed by atoms with Gasteiger partial charge in [-0.05, 0) is 36.7 Å². The summed E-state index contributed by atoms with van der Waals surface area (Å²) in [5, 5.41) is 6.03. The molecule has 1 unspecified atom stereocenters. The van der Waals surface area contributed by atoms with Crippen LogP contribution in [0.25, 0.3) is 0 Å². The fraction of sp³-hybridized carbons (Fsp3) is 0.462. The number of benzene rings is 1. The summed E-state index contributed by atoms with van der Waals surface area (Å²) in [5.41, 5.74) is 0.915. The molecule has 1 amide bonds. The molecule has 0 saturated carbocycles. The van der Waals surface area contributed by atoms with Crippen LogP contribution in [0.4, 0.5) is 4.39 Å². The van der Waals surface area contributed by atoms with E-state index in [1.807, 2.05) is 6.92 Å². The highest BCUT2D eigenvalue weighted by atomic mass is 35.5. The zero-order chi connectivity index (χ0) is 12.3. The molecule has 5 heteroatoms. The largest absolute Gasteiger partial charge is 0.352 e. The second kappa shape index (κ2) is 6.71. The first-order chi connectivity index (χ1) is 8.16. The fourth-order valence-corrected chi connectivity index (χ4v) is 1.83. The molecule has 0 bridgehead atoms. The lowest BCUT2D eigenvalue weighted by molar-refractivity contribution is -0.126. The predicted octanol–water partition coefficient (Wildman–Crippen LogP) is 1.72. The van der Waals surface area contributed by atoms with Crippen LogP contribution in [0.1, 0.15) is 12.5 Å². The minimum atomic E-state index is -0.256. The first-order valence-corrected chi connectivity index (χ1v) is 5.89. The summed E-state index contributed by atoms with van der Waals surface area (Å²) in [4.78, 5) is 11.8. The zero-order valence-electron chi connectivity index (χ0n) is 10.3. The van der Waals surface area contributed by atoms with Crippen molar-refractivity contribution in [1.82, 2.24) is 10.6 Å². The summed E-state index contributed by atoms with van der Waals surface area (Å²) in [5.74, 6) is 0.301. The van der Waals surface area contributed by atoms with Crippen LogP contribution in [0.5, 0.6) is 0 Å². The van der Waals surface area contributed by atoms with Gasteiger partial charge in [-0.15, -0.1) is 12.4 Å². The van der Waals surface area contributed by atoms with Crippen LogP contribution in [-0.2, 0) is 11.3 Å². The molecular formula is C13H18ClFN2O. The maximum atomic E-state index is 12.7. The average molecular weight is 273 g/mol. The molecule has 1 atom stereocenters. The maximum Gasteiger partial charge on any atom is 0.223 e. The van der Waals surface area contributed by atoms with E-state index in [1.165, 1.54) is 12.1 Å². The van der Waals surface area contributed by atoms with Crippen molar-refractivity contribution in [3.63, 3.8) is 0 Å². The van der Waals surface area contributed by atoms with E-state index in [4.69, 9.17) is 0 Å². The molecule has 0 radical (unpaired) electrons. The van der Waals surface area contributed by atoms with Crippen molar-refractivity contribution >= 4 is 18.3 Å². The summed E-state index contributed by atoms with van der Waals surface area (Å²) in [6.07, 6.45) is 0. The molecule has 2 N–H and O–H groups in total. The molecule has 18 heavy (non-hydrogen) atoms. The molecule has 0 aliphatic carbocycles. The van der Waals surface area contributed by atoms with E-state index in [2.05, 4.69) is 10.6 Å². The van der Waals surface area contributed by atoms with Gasteiger partial charge in [-0.2, -0.15) is 0 Å². The number of carbonyl (C=O) groups is 1. The number of hydrogen-bond donors (Lipinski definition) is 2. The third kappa shape index (κ3) is 3.68. The van der Waals surface area contributed by atoms with E-state index >= 15 is 0 Å². The molecule has 1 saturated heterocycles. The van der Waals surface area contributed by atoms with Crippen LogP contribution in [0.2, 0.25) is 0 Å². The highest BCUT2D eigenvalue weighted by molar-refractivity contribution is 5.85. The molecule has 1 aromatic rings. The van der Waals surface area contributed by atoms with Gasteiger partial charge in [0.1, 0.15) is 5.82 Å². The highest BCUT2D eigenvalue weighted by Gasteiger charge is 2.28. The van der Waals surface area contributed by atoms with E-state index in [0.29, 0.717) is 12.5 Å². The van der Waals surface area contributed by atoms with Crippen molar-refractivity contribution in [1.29, 1.82) is 0 Å². The van der Waals surface area contributed by atoms with Gasteiger partial charge in [0.15, 0.2) is 0 Å². The van der Waals surface area contributed by atoms with Crippen molar-refractivity contribution in [2.24, 2.45) is 11.8 Å². The zero-order valence-corrected chi connectivity index (χ0v) is 11.1. The molecule has 100 valence electrons. The molecule has 1 heterocycles. The highest BCUT2D eigenvalue weighted by Crippen LogP contribution is 2.15. The van der Waals surface area contributed by atoms with Crippen molar-refractivity contribution in [3.8, 4) is 0 Å². The Bertz CT molecular complexity index is 392. The van der Waals surface area contributed by atoms with Gasteiger partial charge in [-0.1, -0.05) is 19.1 Å². The number of nitrogens with one attached hydrogen (secondary N) is 2. The second-order valence-electron chi connectivity index (χ2n) is 4.55. The summed E-state index contributed by atoms with van der Waals surface area (Å²) < 4.78 is 12.7. The topological polar surface area (TPSA) is 41.1 Å². The van der Waals surface area contributed by atoms with E-state index in [1.54, 1.807) is 12.1 Å². The third-order valence-electron chi connectivity index (χ3n) is 3.31. The summed E-state index contributed by atoms with van der Waals surface area (Å²) in [6.45, 7) is 4.26. The minimum absolute atomic E-state index is 0. The number of halogens is 2. The molecule has 1 aliphatic heterocycles. The van der Waals surface area contributed by atoms with Crippen LogP contribution in [0.3, 0.4) is 0 Å². The second-order valence-corrected chi connectivity index (χ2v) is 4.55. The first-order valence-electron chi connectivity index (χ1n) is 5.89. The average Bonchev–Trinajstić information content (AvgIpc) is 2.25. The monoisotopic (exact) mass is 272 g/mol. The van der Waals surface area contributed by atoms with Crippen LogP contribution in [-0.4, -0.2) is 19.0 Å². The SMILES string of the molecule is CC(C(=O)NCc1ccc(F)cc1)C1CNC1.Cl. The standard InChI is InChI=1S/C13H17FN2O.ClH/c1-9(11-7-15-8-11)13(17)16-6-10-2-4-12(14)5-3-10;/h2-5,9,11,15H,6-8H2,1H3,(H,16,17);1H. The van der Waals surface area contributed by atoms with Gasteiger partial charge in [0.2, 0.25) is 5.91 Å². The summed E-state index contributed by atoms with van der Waals surface area (Å²) >= 11 is 0. The molecule has 2 rings (SSSR count). The molecule has 1 aliphatic rings. The first kappa shape index (κ1) is 14.9. The number of amides is 1. The number of carbonyl (C=O) groups excluding carboxylic acids is 1. The lowest BCUT2D eigenvalue weighted by Gasteiger charge is -2.31. The molecular weight excluding hydrogens is 255 g/mol. The Kier molecular flexibility index (Phi) is 5.56. The van der Waals surface area contributed by atoms with E-state index in [-0.39, 0.29) is 30.0 Å². The van der Waals surface area contributed by atoms with Crippen molar-refractivity contribution in [2.75, 3.05) is 13.1 Å². The maximum absolute atomic E-state index is 12.7. The van der Waals surface area contributed by atoms with Crippen molar-refractivity contribution in [3.05, 3.63) is 35.6 Å². The Morgan fingerprint density at radius 1 is 1.44 bits per heavy atom. The van der Waals surface area contributed by atoms with E-state index < -0.39 is 0 Å². The quantitative estimate of drug-likeness (QED) is 0.876. The minimum Gasteiger partial charge on any atom is -0.352 e. The summed E-state index contributed by atoms with van der Waals surface area (Å²) in [6, 6.07) is 6.18. The Hall–Kier alpha value is -1.13. The lowest BCUT2D eigenvalue weighted by atomic mass is 9.88. The van der Waals surface area contributed by atoms with Crippen LogP contribution >= 0.6 is 12.4 Å². The van der Waals surface area contributed by atoms with Crippen molar-refractivity contribution < 1.29 is 9.18 Å². The van der Waals surface area contributed by atoms with Gasteiger partial charge >= 0.3 is 0 Å². The van der Waals surface area contributed by atoms with Gasteiger partial charge in [-0.25, -0.2) is 4.39 Å². The lowest BCUT2D eigenvalue weighted by Crippen LogP contribution is -2.49. The van der Waals surface area contributed by atoms with Gasteiger partial charge in [0, 0.05) is 12.5 Å². The van der Waals surface area contributed by atoms with Crippen LogP contribution < -0.4 is 10.6 Å². The molecule has 1 fully saturated rings. The number of rotatable bonds is 4. The molecule has 0 aromatic heterocycles. The Balaban J connectivity index is 0.00000162. The molecule has 0 spiro atoms. The third-order valence-corrected chi connectivity index (χ3v) is 3.31. The van der Waals surface area contributed by atoms with Crippen molar-refractivity contribution in [2.45, 2.75) is 13.5 Å². The van der Waals surface area contributed by atoms with E-state index in [0.717, 1.165) is 18.7 Å². The van der Waals surface area contributed by atoms with Crippen LogP contribution in [0.15, 0.2) is 24.3 Å². The Labute approximate surface area is 113 Å². The van der Waals surface area contributed by atoms with Gasteiger partial charge in [-0.3, -0.25) is 4.79 Å². The molecule has 1 aromatic carbocycles. The molecule has 3 nitrogen and oxygen atoms in total. The fourth-order valence-electron chi connectivity index (χ4n) is 1.83. The van der Waals surface area contributed by atoms with Gasteiger partial charge in [0.25, 0.3) is 0 Å². The Morgan fingerprint density at radius 3 is 2.56 bits per heavy atom. The normalized spacial score (nSPS) is 16.3. The van der Waals surface area contributed by atoms with Gasteiger partial charge < -0.3 is 10.6 Å². The smallest absolute Gasteiger partial charge is 0.223 e. The Morgan fingerprint density at radius 2 is 2.06 bits per heavy atom. The predicted molar refractivity (Wildman–Crippen MR) is 71.0 cm³/mol. The summed E-state index contributed by atoms with van der Waals surface area (Å²) in [7, 11) is 0. The number of hydrogen-bond acceptors (Lipinski definition) is 2. The van der Waals surface area contributed by atoms with Gasteiger partial charge in [0.05, 0.1) is 0 Å². The van der Waals surface area contributed by atoms with E-state index in [9.17, 15) is 9.18 Å². The van der Waals surface area contributed by atoms with Crippen LogP contribution in [0, 0.1) is 17.7 Å².